The highest BCUT2D eigenvalue weighted by Gasteiger charge is 1.90. The minimum absolute atomic E-state index is 1.20. The number of aryl methyl sites for hydroxylation is 2. The van der Waals surface area contributed by atoms with Crippen molar-refractivity contribution in [3.8, 4) is 0 Å². The van der Waals surface area contributed by atoms with Crippen molar-refractivity contribution in [1.29, 1.82) is 0 Å². The lowest BCUT2D eigenvalue weighted by Crippen LogP contribution is -1.89. The molecule has 1 N–H and O–H groups in total. The van der Waals surface area contributed by atoms with Crippen molar-refractivity contribution >= 4 is 6.08 Å². The summed E-state index contributed by atoms with van der Waals surface area (Å²) >= 11 is 0. The molecule has 0 atom stereocenters. The standard InChI is InChI=1S/C10H12.C2H7N/c1-4-10-6-5-8(2)9(3)7-10;1-3-2/h4-7H,1H2,2-3H3;3H,1-2H3. The molecule has 0 aliphatic rings. The maximum Gasteiger partial charge on any atom is -0.0167 e. The Bertz CT molecular complexity index is 264. The molecule has 72 valence electrons. The van der Waals surface area contributed by atoms with Crippen LogP contribution in [0.5, 0.6) is 0 Å². The van der Waals surface area contributed by atoms with Crippen LogP contribution in [0.3, 0.4) is 0 Å². The second kappa shape index (κ2) is 6.44. The van der Waals surface area contributed by atoms with Gasteiger partial charge in [-0.05, 0) is 44.6 Å². The molecule has 1 aromatic rings. The molecular formula is C12H19N. The van der Waals surface area contributed by atoms with Crippen LogP contribution in [0, 0.1) is 13.8 Å². The summed E-state index contributed by atoms with van der Waals surface area (Å²) in [7, 11) is 3.75. The summed E-state index contributed by atoms with van der Waals surface area (Å²) in [5, 5.41) is 2.75. The van der Waals surface area contributed by atoms with Gasteiger partial charge >= 0.3 is 0 Å². The van der Waals surface area contributed by atoms with Gasteiger partial charge in [0, 0.05) is 0 Å². The van der Waals surface area contributed by atoms with Gasteiger partial charge in [0.05, 0.1) is 0 Å². The zero-order valence-electron chi connectivity index (χ0n) is 9.02. The summed E-state index contributed by atoms with van der Waals surface area (Å²) in [5.74, 6) is 0. The van der Waals surface area contributed by atoms with Gasteiger partial charge in [-0.2, -0.15) is 0 Å². The Hall–Kier alpha value is -1.08. The van der Waals surface area contributed by atoms with Gasteiger partial charge in [0.1, 0.15) is 0 Å². The first-order valence-corrected chi connectivity index (χ1v) is 4.43. The van der Waals surface area contributed by atoms with Crippen LogP contribution in [0.2, 0.25) is 0 Å². The molecule has 1 aromatic carbocycles. The average Bonchev–Trinajstić information content (AvgIpc) is 2.11. The zero-order chi connectivity index (χ0) is 10.3. The summed E-state index contributed by atoms with van der Waals surface area (Å²) in [6.07, 6.45) is 1.87. The molecule has 1 nitrogen and oxygen atoms in total. The fraction of sp³-hybridized carbons (Fsp3) is 0.333. The Morgan fingerprint density at radius 2 is 1.69 bits per heavy atom. The van der Waals surface area contributed by atoms with Gasteiger partial charge in [0.2, 0.25) is 0 Å². The van der Waals surface area contributed by atoms with Gasteiger partial charge in [-0.15, -0.1) is 0 Å². The van der Waals surface area contributed by atoms with Crippen LogP contribution in [0.25, 0.3) is 6.08 Å². The number of nitrogens with one attached hydrogen (secondary N) is 1. The van der Waals surface area contributed by atoms with E-state index in [1.807, 2.05) is 20.2 Å². The van der Waals surface area contributed by atoms with E-state index in [-0.39, 0.29) is 0 Å². The topological polar surface area (TPSA) is 12.0 Å². The normalized spacial score (nSPS) is 8.62. The Balaban J connectivity index is 0.000000424. The summed E-state index contributed by atoms with van der Waals surface area (Å²) in [6, 6.07) is 6.34. The van der Waals surface area contributed by atoms with Crippen molar-refractivity contribution in [2.24, 2.45) is 0 Å². The molecule has 0 unspecified atom stereocenters. The van der Waals surface area contributed by atoms with Gasteiger partial charge in [-0.25, -0.2) is 0 Å². The van der Waals surface area contributed by atoms with Crippen LogP contribution in [-0.4, -0.2) is 14.1 Å². The molecule has 0 aliphatic heterocycles. The first kappa shape index (κ1) is 11.9. The highest BCUT2D eigenvalue weighted by molar-refractivity contribution is 5.49. The van der Waals surface area contributed by atoms with E-state index in [0.29, 0.717) is 0 Å². The van der Waals surface area contributed by atoms with Crippen molar-refractivity contribution in [2.45, 2.75) is 13.8 Å². The number of rotatable bonds is 1. The molecule has 0 aliphatic carbocycles. The second-order valence-electron chi connectivity index (χ2n) is 3.05. The Kier molecular flexibility index (Phi) is 5.90. The van der Waals surface area contributed by atoms with Crippen LogP contribution < -0.4 is 5.32 Å². The quantitative estimate of drug-likeness (QED) is 0.695. The number of hydrogen-bond acceptors (Lipinski definition) is 1. The minimum Gasteiger partial charge on any atom is -0.323 e. The Morgan fingerprint density at radius 3 is 2.08 bits per heavy atom. The minimum atomic E-state index is 1.20. The molecule has 0 amide bonds. The summed E-state index contributed by atoms with van der Waals surface area (Å²) in [4.78, 5) is 0. The molecule has 0 radical (unpaired) electrons. The molecular weight excluding hydrogens is 158 g/mol. The van der Waals surface area contributed by atoms with Gasteiger partial charge < -0.3 is 5.32 Å². The van der Waals surface area contributed by atoms with E-state index >= 15 is 0 Å². The highest BCUT2D eigenvalue weighted by atomic mass is 14.7. The van der Waals surface area contributed by atoms with E-state index in [0.717, 1.165) is 0 Å². The van der Waals surface area contributed by atoms with Crippen molar-refractivity contribution in [1.82, 2.24) is 5.32 Å². The molecule has 0 spiro atoms. The summed E-state index contributed by atoms with van der Waals surface area (Å²) in [6.45, 7) is 7.93. The molecule has 0 saturated carbocycles. The average molecular weight is 177 g/mol. The number of benzene rings is 1. The fourth-order valence-electron chi connectivity index (χ4n) is 0.892. The van der Waals surface area contributed by atoms with Crippen molar-refractivity contribution in [2.75, 3.05) is 14.1 Å². The van der Waals surface area contributed by atoms with E-state index in [1.54, 1.807) is 0 Å². The van der Waals surface area contributed by atoms with Gasteiger partial charge in [0.15, 0.2) is 0 Å². The van der Waals surface area contributed by atoms with Crippen molar-refractivity contribution < 1.29 is 0 Å². The Labute approximate surface area is 81.5 Å². The first-order chi connectivity index (χ1) is 6.15. The Morgan fingerprint density at radius 1 is 1.15 bits per heavy atom. The predicted molar refractivity (Wildman–Crippen MR) is 61.0 cm³/mol. The lowest BCUT2D eigenvalue weighted by Gasteiger charge is -1.99. The fourth-order valence-corrected chi connectivity index (χ4v) is 0.892. The third-order valence-corrected chi connectivity index (χ3v) is 1.77. The van der Waals surface area contributed by atoms with Crippen molar-refractivity contribution in [3.05, 3.63) is 41.5 Å². The maximum atomic E-state index is 3.70. The van der Waals surface area contributed by atoms with E-state index in [1.165, 1.54) is 16.7 Å². The van der Waals surface area contributed by atoms with Crippen LogP contribution in [0.15, 0.2) is 24.8 Å². The monoisotopic (exact) mass is 177 g/mol. The lowest BCUT2D eigenvalue weighted by atomic mass is 10.1. The van der Waals surface area contributed by atoms with Crippen LogP contribution in [0.1, 0.15) is 16.7 Å². The molecule has 1 rings (SSSR count). The smallest absolute Gasteiger partial charge is 0.0167 e. The third-order valence-electron chi connectivity index (χ3n) is 1.77. The van der Waals surface area contributed by atoms with Gasteiger partial charge in [-0.3, -0.25) is 0 Å². The largest absolute Gasteiger partial charge is 0.323 e. The number of hydrogen-bond donors (Lipinski definition) is 1. The summed E-state index contributed by atoms with van der Waals surface area (Å²) in [5.41, 5.74) is 3.87. The third kappa shape index (κ3) is 4.48. The van der Waals surface area contributed by atoms with Gasteiger partial charge in [0.25, 0.3) is 0 Å². The van der Waals surface area contributed by atoms with E-state index in [4.69, 9.17) is 0 Å². The van der Waals surface area contributed by atoms with Gasteiger partial charge in [-0.1, -0.05) is 30.9 Å². The summed E-state index contributed by atoms with van der Waals surface area (Å²) < 4.78 is 0. The molecule has 13 heavy (non-hydrogen) atoms. The van der Waals surface area contributed by atoms with E-state index < -0.39 is 0 Å². The SMILES string of the molecule is C=Cc1ccc(C)c(C)c1.CNC. The maximum absolute atomic E-state index is 3.70. The van der Waals surface area contributed by atoms with E-state index in [9.17, 15) is 0 Å². The second-order valence-corrected chi connectivity index (χ2v) is 3.05. The molecule has 0 saturated heterocycles. The molecule has 0 heterocycles. The molecule has 0 aromatic heterocycles. The van der Waals surface area contributed by atoms with Crippen molar-refractivity contribution in [3.63, 3.8) is 0 Å². The highest BCUT2D eigenvalue weighted by Crippen LogP contribution is 2.09. The van der Waals surface area contributed by atoms with E-state index in [2.05, 4.69) is 43.9 Å². The van der Waals surface area contributed by atoms with Crippen LogP contribution in [0.4, 0.5) is 0 Å². The first-order valence-electron chi connectivity index (χ1n) is 4.43. The molecule has 0 bridgehead atoms. The molecule has 0 fully saturated rings. The predicted octanol–water partition coefficient (Wildman–Crippen LogP) is 2.78. The molecule has 1 heteroatoms. The van der Waals surface area contributed by atoms with Crippen LogP contribution in [-0.2, 0) is 0 Å². The lowest BCUT2D eigenvalue weighted by molar-refractivity contribution is 1.02. The zero-order valence-corrected chi connectivity index (χ0v) is 9.02. The van der Waals surface area contributed by atoms with Crippen LogP contribution >= 0.6 is 0 Å².